The number of esters is 1. The minimum atomic E-state index is -0.529. The Morgan fingerprint density at radius 1 is 1.38 bits per heavy atom. The predicted octanol–water partition coefficient (Wildman–Crippen LogP) is 2.31. The number of nitrogens with one attached hydrogen (secondary N) is 1. The molecule has 1 N–H and O–H groups in total. The molecule has 3 rings (SSSR count). The second-order valence-corrected chi connectivity index (χ2v) is 8.05. The fourth-order valence-corrected chi connectivity index (χ4v) is 3.68. The van der Waals surface area contributed by atoms with Crippen molar-refractivity contribution in [2.45, 2.75) is 55.6 Å². The second-order valence-electron chi connectivity index (χ2n) is 6.74. The van der Waals surface area contributed by atoms with Gasteiger partial charge in [-0.15, -0.1) is 5.10 Å². The van der Waals surface area contributed by atoms with Gasteiger partial charge in [-0.3, -0.25) is 9.59 Å². The van der Waals surface area contributed by atoms with Crippen LogP contribution in [-0.4, -0.2) is 51.1 Å². The van der Waals surface area contributed by atoms with Crippen molar-refractivity contribution in [2.75, 3.05) is 13.7 Å². The molecule has 0 radical (unpaired) electrons. The van der Waals surface area contributed by atoms with Crippen LogP contribution in [0.5, 0.6) is 5.75 Å². The molecule has 1 amide bonds. The zero-order chi connectivity index (χ0) is 20.8. The highest BCUT2D eigenvalue weighted by Gasteiger charge is 2.30. The summed E-state index contributed by atoms with van der Waals surface area (Å²) in [5.74, 6) is 0.0627. The molecule has 0 bridgehead atoms. The minimum absolute atomic E-state index is 0.0317. The summed E-state index contributed by atoms with van der Waals surface area (Å²) < 4.78 is 12.1. The zero-order valence-corrected chi connectivity index (χ0v) is 17.5. The van der Waals surface area contributed by atoms with Crippen molar-refractivity contribution in [2.24, 2.45) is 0 Å². The molecule has 0 saturated heterocycles. The normalized spacial score (nSPS) is 15.4. The molecular weight excluding hydrogens is 394 g/mol. The number of amides is 1. The first-order chi connectivity index (χ1) is 14.0. The third-order valence-electron chi connectivity index (χ3n) is 4.50. The molecular formula is C19H25N5O4S. The fourth-order valence-electron chi connectivity index (χ4n) is 2.81. The van der Waals surface area contributed by atoms with Crippen LogP contribution in [0.25, 0.3) is 0 Å². The van der Waals surface area contributed by atoms with E-state index in [2.05, 4.69) is 20.8 Å². The number of aromatic nitrogens is 4. The lowest BCUT2D eigenvalue weighted by Gasteiger charge is -2.21. The Kier molecular flexibility index (Phi) is 7.08. The number of ether oxygens (including phenoxy) is 2. The standard InChI is InChI=1S/C19H25N5O4S/c1-4-28-17(25)11-16(13-6-5-7-15(10-13)27-3)20-18(26)12(2)29-19-21-22-23-24(19)14-8-9-14/h5-7,10,12,14,16H,4,8-9,11H2,1-3H3,(H,20,26). The number of thioether (sulfide) groups is 1. The summed E-state index contributed by atoms with van der Waals surface area (Å²) in [5, 5.41) is 14.9. The molecule has 1 aliphatic rings. The van der Waals surface area contributed by atoms with Crippen LogP contribution in [0.15, 0.2) is 29.4 Å². The van der Waals surface area contributed by atoms with Crippen LogP contribution in [0.4, 0.5) is 0 Å². The molecule has 2 unspecified atom stereocenters. The first-order valence-corrected chi connectivity index (χ1v) is 10.4. The van der Waals surface area contributed by atoms with Gasteiger partial charge in [-0.25, -0.2) is 4.68 Å². The lowest BCUT2D eigenvalue weighted by molar-refractivity contribution is -0.143. The summed E-state index contributed by atoms with van der Waals surface area (Å²) in [6, 6.07) is 7.08. The van der Waals surface area contributed by atoms with Crippen molar-refractivity contribution >= 4 is 23.6 Å². The van der Waals surface area contributed by atoms with Crippen LogP contribution in [0.1, 0.15) is 50.8 Å². The van der Waals surface area contributed by atoms with E-state index in [1.54, 1.807) is 31.7 Å². The third-order valence-corrected chi connectivity index (χ3v) is 5.54. The number of carbonyl (C=O) groups is 2. The van der Waals surface area contributed by atoms with Gasteiger partial charge in [-0.1, -0.05) is 23.9 Å². The predicted molar refractivity (Wildman–Crippen MR) is 107 cm³/mol. The first kappa shape index (κ1) is 21.1. The van der Waals surface area contributed by atoms with E-state index in [4.69, 9.17) is 9.47 Å². The second kappa shape index (κ2) is 9.73. The van der Waals surface area contributed by atoms with Crippen molar-refractivity contribution in [3.8, 4) is 5.75 Å². The van der Waals surface area contributed by atoms with Crippen LogP contribution in [0, 0.1) is 0 Å². The largest absolute Gasteiger partial charge is 0.497 e. The highest BCUT2D eigenvalue weighted by Crippen LogP contribution is 2.37. The number of rotatable bonds is 10. The van der Waals surface area contributed by atoms with E-state index in [1.807, 2.05) is 18.2 Å². The van der Waals surface area contributed by atoms with E-state index in [1.165, 1.54) is 11.8 Å². The lowest BCUT2D eigenvalue weighted by Crippen LogP contribution is -2.35. The van der Waals surface area contributed by atoms with Gasteiger partial charge < -0.3 is 14.8 Å². The molecule has 1 aromatic heterocycles. The molecule has 1 aromatic carbocycles. The van der Waals surface area contributed by atoms with Gasteiger partial charge in [-0.05, 0) is 54.8 Å². The summed E-state index contributed by atoms with van der Waals surface area (Å²) in [6.45, 7) is 3.83. The van der Waals surface area contributed by atoms with Gasteiger partial charge in [0, 0.05) is 0 Å². The van der Waals surface area contributed by atoms with Gasteiger partial charge in [0.2, 0.25) is 11.1 Å². The highest BCUT2D eigenvalue weighted by molar-refractivity contribution is 8.00. The number of carbonyl (C=O) groups excluding carboxylic acids is 2. The van der Waals surface area contributed by atoms with Gasteiger partial charge in [0.05, 0.1) is 37.5 Å². The summed E-state index contributed by atoms with van der Waals surface area (Å²) in [7, 11) is 1.57. The van der Waals surface area contributed by atoms with Crippen molar-refractivity contribution in [3.05, 3.63) is 29.8 Å². The molecule has 9 nitrogen and oxygen atoms in total. The summed E-state index contributed by atoms with van der Waals surface area (Å²) >= 11 is 1.30. The molecule has 29 heavy (non-hydrogen) atoms. The molecule has 0 aliphatic heterocycles. The Balaban J connectivity index is 1.70. The molecule has 2 atom stereocenters. The maximum absolute atomic E-state index is 12.9. The average Bonchev–Trinajstić information content (AvgIpc) is 3.46. The number of tetrazole rings is 1. The Labute approximate surface area is 173 Å². The monoisotopic (exact) mass is 419 g/mol. The molecule has 1 heterocycles. The Morgan fingerprint density at radius 2 is 2.17 bits per heavy atom. The first-order valence-electron chi connectivity index (χ1n) is 9.56. The quantitative estimate of drug-likeness (QED) is 0.462. The Bertz CT molecular complexity index is 855. The lowest BCUT2D eigenvalue weighted by atomic mass is 10.0. The molecule has 156 valence electrons. The molecule has 2 aromatic rings. The number of methoxy groups -OCH3 is 1. The molecule has 1 fully saturated rings. The van der Waals surface area contributed by atoms with Crippen molar-refractivity contribution in [1.29, 1.82) is 0 Å². The van der Waals surface area contributed by atoms with Gasteiger partial charge in [0.1, 0.15) is 5.75 Å². The third kappa shape index (κ3) is 5.69. The van der Waals surface area contributed by atoms with Crippen molar-refractivity contribution in [3.63, 3.8) is 0 Å². The molecule has 10 heteroatoms. The molecule has 1 saturated carbocycles. The number of hydrogen-bond acceptors (Lipinski definition) is 8. The number of hydrogen-bond donors (Lipinski definition) is 1. The highest BCUT2D eigenvalue weighted by atomic mass is 32.2. The van der Waals surface area contributed by atoms with E-state index in [0.717, 1.165) is 18.4 Å². The van der Waals surface area contributed by atoms with Crippen LogP contribution >= 0.6 is 11.8 Å². The van der Waals surface area contributed by atoms with Gasteiger partial charge >= 0.3 is 5.97 Å². The van der Waals surface area contributed by atoms with Crippen LogP contribution in [0.2, 0.25) is 0 Å². The summed E-state index contributed by atoms with van der Waals surface area (Å²) in [4.78, 5) is 24.9. The Hall–Kier alpha value is -2.62. The SMILES string of the molecule is CCOC(=O)CC(NC(=O)C(C)Sc1nnnn1C1CC1)c1cccc(OC)c1. The van der Waals surface area contributed by atoms with Gasteiger partial charge in [-0.2, -0.15) is 0 Å². The van der Waals surface area contributed by atoms with Gasteiger partial charge in [0.25, 0.3) is 0 Å². The topological polar surface area (TPSA) is 108 Å². The fraction of sp³-hybridized carbons (Fsp3) is 0.526. The number of benzene rings is 1. The molecule has 0 spiro atoms. The summed E-state index contributed by atoms with van der Waals surface area (Å²) in [5.41, 5.74) is 0.769. The number of nitrogens with zero attached hydrogens (tertiary/aromatic N) is 4. The Morgan fingerprint density at radius 3 is 2.86 bits per heavy atom. The van der Waals surface area contributed by atoms with E-state index in [0.29, 0.717) is 16.9 Å². The summed E-state index contributed by atoms with van der Waals surface area (Å²) in [6.07, 6.45) is 2.14. The van der Waals surface area contributed by atoms with Crippen LogP contribution in [-0.2, 0) is 14.3 Å². The molecule has 1 aliphatic carbocycles. The minimum Gasteiger partial charge on any atom is -0.497 e. The zero-order valence-electron chi connectivity index (χ0n) is 16.7. The van der Waals surface area contributed by atoms with E-state index < -0.39 is 11.3 Å². The van der Waals surface area contributed by atoms with Crippen LogP contribution in [0.3, 0.4) is 0 Å². The van der Waals surface area contributed by atoms with Gasteiger partial charge in [0.15, 0.2) is 0 Å². The van der Waals surface area contributed by atoms with E-state index in [-0.39, 0.29) is 24.9 Å². The maximum Gasteiger partial charge on any atom is 0.308 e. The van der Waals surface area contributed by atoms with Crippen LogP contribution < -0.4 is 10.1 Å². The maximum atomic E-state index is 12.9. The van der Waals surface area contributed by atoms with E-state index in [9.17, 15) is 9.59 Å². The van der Waals surface area contributed by atoms with Crippen molar-refractivity contribution in [1.82, 2.24) is 25.5 Å². The van der Waals surface area contributed by atoms with Crippen molar-refractivity contribution < 1.29 is 19.1 Å². The van der Waals surface area contributed by atoms with E-state index >= 15 is 0 Å². The average molecular weight is 420 g/mol. The smallest absolute Gasteiger partial charge is 0.308 e.